The Balaban J connectivity index is 1.88. The standard InChI is InChI=1S/C14H24N2O4/c1-16(10-11-5-4-8-20-11)13(19)15-14(9-12(17)18)6-2-3-7-14/h11H,2-10H2,1H3,(H,15,19)(H,17,18). The summed E-state index contributed by atoms with van der Waals surface area (Å²) in [5.41, 5.74) is -0.562. The highest BCUT2D eigenvalue weighted by Crippen LogP contribution is 2.32. The van der Waals surface area contributed by atoms with Gasteiger partial charge in [0.15, 0.2) is 0 Å². The molecule has 2 amide bonds. The van der Waals surface area contributed by atoms with Gasteiger partial charge in [-0.2, -0.15) is 0 Å². The number of urea groups is 1. The van der Waals surface area contributed by atoms with Crippen molar-refractivity contribution in [1.29, 1.82) is 0 Å². The van der Waals surface area contributed by atoms with Crippen LogP contribution in [0.1, 0.15) is 44.9 Å². The largest absolute Gasteiger partial charge is 0.481 e. The second-order valence-corrected chi connectivity index (χ2v) is 6.00. The number of aliphatic carboxylic acids is 1. The minimum atomic E-state index is -0.853. The molecule has 1 atom stereocenters. The van der Waals surface area contributed by atoms with Gasteiger partial charge in [-0.15, -0.1) is 0 Å². The summed E-state index contributed by atoms with van der Waals surface area (Å²) in [6, 6.07) is -0.191. The zero-order valence-electron chi connectivity index (χ0n) is 12.1. The van der Waals surface area contributed by atoms with Crippen LogP contribution in [0.25, 0.3) is 0 Å². The Morgan fingerprint density at radius 2 is 2.05 bits per heavy atom. The molecule has 1 unspecified atom stereocenters. The monoisotopic (exact) mass is 284 g/mol. The first kappa shape index (κ1) is 15.1. The van der Waals surface area contributed by atoms with Gasteiger partial charge in [0, 0.05) is 20.2 Å². The number of carbonyl (C=O) groups excluding carboxylic acids is 1. The summed E-state index contributed by atoms with van der Waals surface area (Å²) in [4.78, 5) is 24.9. The first-order valence-corrected chi connectivity index (χ1v) is 7.37. The highest BCUT2D eigenvalue weighted by Gasteiger charge is 2.38. The summed E-state index contributed by atoms with van der Waals surface area (Å²) in [7, 11) is 1.74. The predicted molar refractivity (Wildman–Crippen MR) is 73.6 cm³/mol. The third-order valence-corrected chi connectivity index (χ3v) is 4.27. The van der Waals surface area contributed by atoms with E-state index in [1.54, 1.807) is 11.9 Å². The third kappa shape index (κ3) is 3.85. The number of carboxylic acid groups (broad SMARTS) is 1. The van der Waals surface area contributed by atoms with E-state index in [1.807, 2.05) is 0 Å². The zero-order chi connectivity index (χ0) is 14.6. The highest BCUT2D eigenvalue weighted by atomic mass is 16.5. The molecule has 2 N–H and O–H groups in total. The molecule has 6 heteroatoms. The van der Waals surface area contributed by atoms with Crippen molar-refractivity contribution in [1.82, 2.24) is 10.2 Å². The Hall–Kier alpha value is -1.30. The van der Waals surface area contributed by atoms with E-state index in [-0.39, 0.29) is 18.6 Å². The van der Waals surface area contributed by atoms with Crippen LogP contribution in [-0.4, -0.2) is 53.8 Å². The summed E-state index contributed by atoms with van der Waals surface area (Å²) >= 11 is 0. The number of carboxylic acids is 1. The average molecular weight is 284 g/mol. The SMILES string of the molecule is CN(CC1CCCO1)C(=O)NC1(CC(=O)O)CCCC1. The number of ether oxygens (including phenoxy) is 1. The molecule has 0 spiro atoms. The number of amides is 2. The molecule has 0 aromatic heterocycles. The number of carbonyl (C=O) groups is 2. The molecule has 2 rings (SSSR count). The molecule has 1 aliphatic heterocycles. The minimum absolute atomic E-state index is 0.00646. The predicted octanol–water partition coefficient (Wildman–Crippen LogP) is 1.59. The summed E-state index contributed by atoms with van der Waals surface area (Å²) in [5, 5.41) is 12.0. The lowest BCUT2D eigenvalue weighted by atomic mass is 9.93. The van der Waals surface area contributed by atoms with Gasteiger partial charge in [-0.25, -0.2) is 4.79 Å². The van der Waals surface area contributed by atoms with Crippen molar-refractivity contribution in [2.75, 3.05) is 20.2 Å². The molecule has 0 radical (unpaired) electrons. The molecule has 2 aliphatic rings. The topological polar surface area (TPSA) is 78.9 Å². The second kappa shape index (κ2) is 6.43. The number of nitrogens with zero attached hydrogens (tertiary/aromatic N) is 1. The Kier molecular flexibility index (Phi) is 4.86. The summed E-state index contributed by atoms with van der Waals surface area (Å²) < 4.78 is 5.52. The number of hydrogen-bond donors (Lipinski definition) is 2. The van der Waals surface area contributed by atoms with Gasteiger partial charge < -0.3 is 20.1 Å². The molecule has 2 fully saturated rings. The molecule has 1 heterocycles. The second-order valence-electron chi connectivity index (χ2n) is 6.00. The van der Waals surface area contributed by atoms with E-state index in [1.165, 1.54) is 0 Å². The lowest BCUT2D eigenvalue weighted by Crippen LogP contribution is -2.53. The van der Waals surface area contributed by atoms with Gasteiger partial charge in [0.2, 0.25) is 0 Å². The molecular formula is C14H24N2O4. The molecule has 1 saturated heterocycles. The van der Waals surface area contributed by atoms with Crippen LogP contribution >= 0.6 is 0 Å². The van der Waals surface area contributed by atoms with Gasteiger partial charge in [-0.1, -0.05) is 12.8 Å². The van der Waals surface area contributed by atoms with Crippen molar-refractivity contribution in [2.45, 2.75) is 56.6 Å². The van der Waals surface area contributed by atoms with Crippen molar-refractivity contribution in [3.63, 3.8) is 0 Å². The van der Waals surface area contributed by atoms with Crippen LogP contribution < -0.4 is 5.32 Å². The molecule has 6 nitrogen and oxygen atoms in total. The fourth-order valence-electron chi connectivity index (χ4n) is 3.19. The fraction of sp³-hybridized carbons (Fsp3) is 0.857. The van der Waals surface area contributed by atoms with Crippen LogP contribution in [0.4, 0.5) is 4.79 Å². The van der Waals surface area contributed by atoms with E-state index in [9.17, 15) is 9.59 Å². The number of hydrogen-bond acceptors (Lipinski definition) is 3. The van der Waals surface area contributed by atoms with Crippen LogP contribution in [0.3, 0.4) is 0 Å². The molecular weight excluding hydrogens is 260 g/mol. The molecule has 1 aliphatic carbocycles. The van der Waals surface area contributed by atoms with E-state index < -0.39 is 11.5 Å². The first-order chi connectivity index (χ1) is 9.51. The summed E-state index contributed by atoms with van der Waals surface area (Å²) in [6.07, 6.45) is 5.60. The maximum atomic E-state index is 12.2. The van der Waals surface area contributed by atoms with Gasteiger partial charge in [-0.05, 0) is 25.7 Å². The molecule has 20 heavy (non-hydrogen) atoms. The fourth-order valence-corrected chi connectivity index (χ4v) is 3.19. The van der Waals surface area contributed by atoms with E-state index in [4.69, 9.17) is 9.84 Å². The van der Waals surface area contributed by atoms with Crippen LogP contribution in [0, 0.1) is 0 Å². The van der Waals surface area contributed by atoms with E-state index in [0.717, 1.165) is 45.1 Å². The van der Waals surface area contributed by atoms with Crippen LogP contribution in [-0.2, 0) is 9.53 Å². The van der Waals surface area contributed by atoms with E-state index in [0.29, 0.717) is 6.54 Å². The van der Waals surface area contributed by atoms with Crippen molar-refractivity contribution >= 4 is 12.0 Å². The van der Waals surface area contributed by atoms with Crippen LogP contribution in [0.15, 0.2) is 0 Å². The van der Waals surface area contributed by atoms with Gasteiger partial charge >= 0.3 is 12.0 Å². The third-order valence-electron chi connectivity index (χ3n) is 4.27. The lowest BCUT2D eigenvalue weighted by molar-refractivity contribution is -0.138. The van der Waals surface area contributed by atoms with Crippen molar-refractivity contribution in [2.24, 2.45) is 0 Å². The quantitative estimate of drug-likeness (QED) is 0.803. The Bertz CT molecular complexity index is 360. The maximum absolute atomic E-state index is 12.2. The van der Waals surface area contributed by atoms with E-state index in [2.05, 4.69) is 5.32 Å². The van der Waals surface area contributed by atoms with Crippen molar-refractivity contribution in [3.8, 4) is 0 Å². The van der Waals surface area contributed by atoms with Crippen LogP contribution in [0.2, 0.25) is 0 Å². The number of rotatable bonds is 5. The molecule has 1 saturated carbocycles. The van der Waals surface area contributed by atoms with Crippen molar-refractivity contribution < 1.29 is 19.4 Å². The Morgan fingerprint density at radius 1 is 1.35 bits per heavy atom. The lowest BCUT2D eigenvalue weighted by Gasteiger charge is -2.32. The minimum Gasteiger partial charge on any atom is -0.481 e. The Labute approximate surface area is 119 Å². The summed E-state index contributed by atoms with van der Waals surface area (Å²) in [6.45, 7) is 1.33. The van der Waals surface area contributed by atoms with Gasteiger partial charge in [0.25, 0.3) is 0 Å². The van der Waals surface area contributed by atoms with Crippen molar-refractivity contribution in [3.05, 3.63) is 0 Å². The Morgan fingerprint density at radius 3 is 2.60 bits per heavy atom. The summed E-state index contributed by atoms with van der Waals surface area (Å²) in [5.74, 6) is -0.853. The zero-order valence-corrected chi connectivity index (χ0v) is 12.1. The number of likely N-dealkylation sites (N-methyl/N-ethyl adjacent to an activating group) is 1. The van der Waals surface area contributed by atoms with E-state index >= 15 is 0 Å². The average Bonchev–Trinajstić information content (AvgIpc) is 3.00. The highest BCUT2D eigenvalue weighted by molar-refractivity contribution is 5.76. The number of nitrogens with one attached hydrogen (secondary N) is 1. The molecule has 0 aromatic carbocycles. The molecule has 114 valence electrons. The van der Waals surface area contributed by atoms with Gasteiger partial charge in [-0.3, -0.25) is 4.79 Å². The van der Waals surface area contributed by atoms with Crippen LogP contribution in [0.5, 0.6) is 0 Å². The van der Waals surface area contributed by atoms with Gasteiger partial charge in [0.05, 0.1) is 18.1 Å². The molecule has 0 aromatic rings. The normalized spacial score (nSPS) is 24.6. The molecule has 0 bridgehead atoms. The maximum Gasteiger partial charge on any atom is 0.317 e. The van der Waals surface area contributed by atoms with Gasteiger partial charge in [0.1, 0.15) is 0 Å². The smallest absolute Gasteiger partial charge is 0.317 e. The first-order valence-electron chi connectivity index (χ1n) is 7.37.